The summed E-state index contributed by atoms with van der Waals surface area (Å²) in [6, 6.07) is 5.85. The van der Waals surface area contributed by atoms with Crippen molar-refractivity contribution < 1.29 is 14.3 Å². The van der Waals surface area contributed by atoms with Crippen LogP contribution < -0.4 is 15.4 Å². The normalized spacial score (nSPS) is 26.7. The van der Waals surface area contributed by atoms with E-state index in [4.69, 9.17) is 4.74 Å². The third-order valence-corrected chi connectivity index (χ3v) is 4.78. The minimum Gasteiger partial charge on any atom is -0.478 e. The first-order valence-electron chi connectivity index (χ1n) is 8.40. The molecule has 1 aliphatic carbocycles. The summed E-state index contributed by atoms with van der Waals surface area (Å²) in [5.41, 5.74) is 1.72. The highest BCUT2D eigenvalue weighted by molar-refractivity contribution is 6.00. The van der Waals surface area contributed by atoms with Crippen LogP contribution in [0.2, 0.25) is 0 Å². The highest BCUT2D eigenvalue weighted by atomic mass is 16.5. The Bertz CT molecular complexity index is 614. The SMILES string of the molecule is Cc1ccc2c(c1)NC(=O)[C@H](CC(=O)N[C@@H]1CCCC[C@@H]1C)O2. The first-order valence-corrected chi connectivity index (χ1v) is 8.40. The fourth-order valence-electron chi connectivity index (χ4n) is 3.36. The predicted molar refractivity (Wildman–Crippen MR) is 88.4 cm³/mol. The molecule has 3 atom stereocenters. The van der Waals surface area contributed by atoms with E-state index >= 15 is 0 Å². The molecule has 0 unspecified atom stereocenters. The van der Waals surface area contributed by atoms with E-state index < -0.39 is 6.10 Å². The number of fused-ring (bicyclic) bond motifs is 1. The zero-order valence-electron chi connectivity index (χ0n) is 13.7. The number of anilines is 1. The molecule has 3 rings (SSSR count). The van der Waals surface area contributed by atoms with Crippen molar-refractivity contribution in [1.29, 1.82) is 0 Å². The molecule has 0 radical (unpaired) electrons. The van der Waals surface area contributed by atoms with Crippen LogP contribution in [-0.2, 0) is 9.59 Å². The van der Waals surface area contributed by atoms with Gasteiger partial charge in [0.05, 0.1) is 12.1 Å². The zero-order chi connectivity index (χ0) is 16.4. The predicted octanol–water partition coefficient (Wildman–Crippen LogP) is 2.78. The van der Waals surface area contributed by atoms with Gasteiger partial charge in [-0.3, -0.25) is 9.59 Å². The van der Waals surface area contributed by atoms with Crippen molar-refractivity contribution in [2.75, 3.05) is 5.32 Å². The minimum absolute atomic E-state index is 0.0579. The van der Waals surface area contributed by atoms with Crippen LogP contribution in [0, 0.1) is 12.8 Å². The van der Waals surface area contributed by atoms with Gasteiger partial charge in [0.25, 0.3) is 5.91 Å². The van der Waals surface area contributed by atoms with Crippen molar-refractivity contribution in [2.45, 2.75) is 58.1 Å². The van der Waals surface area contributed by atoms with E-state index in [-0.39, 0.29) is 24.3 Å². The number of hydrogen-bond acceptors (Lipinski definition) is 3. The lowest BCUT2D eigenvalue weighted by Crippen LogP contribution is -2.45. The van der Waals surface area contributed by atoms with E-state index in [1.807, 2.05) is 25.1 Å². The van der Waals surface area contributed by atoms with Gasteiger partial charge in [0.2, 0.25) is 5.91 Å². The summed E-state index contributed by atoms with van der Waals surface area (Å²) in [6.07, 6.45) is 3.86. The van der Waals surface area contributed by atoms with Crippen LogP contribution in [0.25, 0.3) is 0 Å². The first-order chi connectivity index (χ1) is 11.0. The summed E-state index contributed by atoms with van der Waals surface area (Å²) in [6.45, 7) is 4.13. The monoisotopic (exact) mass is 316 g/mol. The second-order valence-electron chi connectivity index (χ2n) is 6.74. The lowest BCUT2D eigenvalue weighted by molar-refractivity contribution is -0.131. The van der Waals surface area contributed by atoms with Gasteiger partial charge >= 0.3 is 0 Å². The van der Waals surface area contributed by atoms with Gasteiger partial charge in [-0.25, -0.2) is 0 Å². The molecule has 0 bridgehead atoms. The number of carbonyl (C=O) groups is 2. The maximum atomic E-state index is 12.3. The molecule has 1 aromatic rings. The Kier molecular flexibility index (Phi) is 4.55. The van der Waals surface area contributed by atoms with Crippen molar-refractivity contribution in [2.24, 2.45) is 5.92 Å². The van der Waals surface area contributed by atoms with Crippen LogP contribution in [0.5, 0.6) is 5.75 Å². The Labute approximate surface area is 136 Å². The number of ether oxygens (including phenoxy) is 1. The molecule has 1 fully saturated rings. The lowest BCUT2D eigenvalue weighted by atomic mass is 9.86. The van der Waals surface area contributed by atoms with Gasteiger partial charge in [-0.2, -0.15) is 0 Å². The summed E-state index contributed by atoms with van der Waals surface area (Å²) >= 11 is 0. The van der Waals surface area contributed by atoms with Crippen LogP contribution in [0.15, 0.2) is 18.2 Å². The topological polar surface area (TPSA) is 67.4 Å². The van der Waals surface area contributed by atoms with Crippen molar-refractivity contribution >= 4 is 17.5 Å². The molecule has 0 aromatic heterocycles. The molecule has 23 heavy (non-hydrogen) atoms. The third-order valence-electron chi connectivity index (χ3n) is 4.78. The molecule has 5 heteroatoms. The number of benzene rings is 1. The largest absolute Gasteiger partial charge is 0.478 e. The molecular formula is C18H24N2O3. The number of aryl methyl sites for hydroxylation is 1. The fraction of sp³-hybridized carbons (Fsp3) is 0.556. The minimum atomic E-state index is -0.760. The highest BCUT2D eigenvalue weighted by Gasteiger charge is 2.31. The van der Waals surface area contributed by atoms with Gasteiger partial charge in [-0.1, -0.05) is 25.8 Å². The molecular weight excluding hydrogens is 292 g/mol. The van der Waals surface area contributed by atoms with Gasteiger partial charge in [0.1, 0.15) is 5.75 Å². The molecule has 1 heterocycles. The number of carbonyl (C=O) groups excluding carboxylic acids is 2. The fourth-order valence-corrected chi connectivity index (χ4v) is 3.36. The summed E-state index contributed by atoms with van der Waals surface area (Å²) in [5.74, 6) is 0.756. The molecule has 2 N–H and O–H groups in total. The lowest BCUT2D eigenvalue weighted by Gasteiger charge is -2.30. The van der Waals surface area contributed by atoms with Gasteiger partial charge in [-0.15, -0.1) is 0 Å². The molecule has 0 spiro atoms. The third kappa shape index (κ3) is 3.66. The number of nitrogens with one attached hydrogen (secondary N) is 2. The zero-order valence-corrected chi connectivity index (χ0v) is 13.7. The van der Waals surface area contributed by atoms with E-state index in [1.54, 1.807) is 0 Å². The summed E-state index contributed by atoms with van der Waals surface area (Å²) in [4.78, 5) is 24.4. The molecule has 1 saturated carbocycles. The van der Waals surface area contributed by atoms with E-state index in [0.717, 1.165) is 24.8 Å². The van der Waals surface area contributed by atoms with Gasteiger partial charge in [0.15, 0.2) is 6.10 Å². The van der Waals surface area contributed by atoms with Crippen molar-refractivity contribution in [1.82, 2.24) is 5.32 Å². The molecule has 2 amide bonds. The number of hydrogen-bond donors (Lipinski definition) is 2. The second-order valence-corrected chi connectivity index (χ2v) is 6.74. The summed E-state index contributed by atoms with van der Waals surface area (Å²) < 4.78 is 5.71. The number of amides is 2. The van der Waals surface area contributed by atoms with E-state index in [1.165, 1.54) is 6.42 Å². The van der Waals surface area contributed by atoms with E-state index in [0.29, 0.717) is 17.4 Å². The van der Waals surface area contributed by atoms with Crippen LogP contribution in [0.4, 0.5) is 5.69 Å². The van der Waals surface area contributed by atoms with Crippen molar-refractivity contribution in [3.63, 3.8) is 0 Å². The quantitative estimate of drug-likeness (QED) is 0.901. The van der Waals surface area contributed by atoms with E-state index in [9.17, 15) is 9.59 Å². The molecule has 0 saturated heterocycles. The Hall–Kier alpha value is -2.04. The molecule has 5 nitrogen and oxygen atoms in total. The molecule has 124 valence electrons. The first kappa shape index (κ1) is 15.8. The van der Waals surface area contributed by atoms with Gasteiger partial charge < -0.3 is 15.4 Å². The Morgan fingerprint density at radius 1 is 1.35 bits per heavy atom. The second kappa shape index (κ2) is 6.60. The molecule has 2 aliphatic rings. The van der Waals surface area contributed by atoms with Gasteiger partial charge in [-0.05, 0) is 43.4 Å². The molecule has 1 aromatic carbocycles. The smallest absolute Gasteiger partial charge is 0.266 e. The van der Waals surface area contributed by atoms with Crippen LogP contribution in [-0.4, -0.2) is 24.0 Å². The Balaban J connectivity index is 1.60. The van der Waals surface area contributed by atoms with Crippen molar-refractivity contribution in [3.8, 4) is 5.75 Å². The molecule has 1 aliphatic heterocycles. The van der Waals surface area contributed by atoms with Gasteiger partial charge in [0, 0.05) is 6.04 Å². The Morgan fingerprint density at radius 2 is 2.13 bits per heavy atom. The highest BCUT2D eigenvalue weighted by Crippen LogP contribution is 2.31. The summed E-state index contributed by atoms with van der Waals surface area (Å²) in [7, 11) is 0. The average Bonchev–Trinajstić information content (AvgIpc) is 2.50. The standard InChI is InChI=1S/C18H24N2O3/c1-11-7-8-15-14(9-11)20-18(22)16(23-15)10-17(21)19-13-6-4-3-5-12(13)2/h7-9,12-13,16H,3-6,10H2,1-2H3,(H,19,21)(H,20,22)/t12-,13+,16-/m0/s1. The van der Waals surface area contributed by atoms with Crippen LogP contribution in [0.3, 0.4) is 0 Å². The van der Waals surface area contributed by atoms with Crippen LogP contribution >= 0.6 is 0 Å². The van der Waals surface area contributed by atoms with Crippen LogP contribution in [0.1, 0.15) is 44.6 Å². The average molecular weight is 316 g/mol. The summed E-state index contributed by atoms with van der Waals surface area (Å²) in [5, 5.41) is 5.90. The van der Waals surface area contributed by atoms with Crippen molar-refractivity contribution in [3.05, 3.63) is 23.8 Å². The Morgan fingerprint density at radius 3 is 2.91 bits per heavy atom. The van der Waals surface area contributed by atoms with E-state index in [2.05, 4.69) is 17.6 Å². The number of rotatable bonds is 3. The maximum absolute atomic E-state index is 12.3. The maximum Gasteiger partial charge on any atom is 0.266 e.